The standard InChI is InChI=1S/C27H18FN5O/c28-18-3-7-23-22(15-18)24(11-14-30-23)32-19-4-1-17(2-5-19)27-33-25-8-6-21(16-26(25)34-27)31-20-9-12-29-13-10-20/h1-16H,(H,29,31)(H,30,32). The molecule has 0 saturated heterocycles. The zero-order valence-corrected chi connectivity index (χ0v) is 17.9. The van der Waals surface area contributed by atoms with E-state index < -0.39 is 0 Å². The second-order valence-corrected chi connectivity index (χ2v) is 7.78. The van der Waals surface area contributed by atoms with Gasteiger partial charge in [-0.1, -0.05) is 0 Å². The van der Waals surface area contributed by atoms with Crippen LogP contribution in [0.25, 0.3) is 33.5 Å². The van der Waals surface area contributed by atoms with E-state index in [1.54, 1.807) is 24.7 Å². The number of rotatable bonds is 5. The number of pyridine rings is 2. The highest BCUT2D eigenvalue weighted by Gasteiger charge is 2.10. The third-order valence-electron chi connectivity index (χ3n) is 5.47. The zero-order chi connectivity index (χ0) is 22.9. The van der Waals surface area contributed by atoms with Crippen LogP contribution in [0.4, 0.5) is 27.1 Å². The van der Waals surface area contributed by atoms with Gasteiger partial charge in [0, 0.05) is 58.4 Å². The number of oxazole rings is 1. The molecular weight excluding hydrogens is 429 g/mol. The molecule has 0 aliphatic rings. The van der Waals surface area contributed by atoms with Crippen molar-refractivity contribution in [2.24, 2.45) is 0 Å². The average molecular weight is 447 g/mol. The van der Waals surface area contributed by atoms with Crippen LogP contribution < -0.4 is 10.6 Å². The summed E-state index contributed by atoms with van der Waals surface area (Å²) in [6.45, 7) is 0. The van der Waals surface area contributed by atoms with Crippen molar-refractivity contribution >= 4 is 44.8 Å². The first-order valence-electron chi connectivity index (χ1n) is 10.7. The van der Waals surface area contributed by atoms with Gasteiger partial charge in [0.25, 0.3) is 0 Å². The first-order valence-corrected chi connectivity index (χ1v) is 10.7. The lowest BCUT2D eigenvalue weighted by atomic mass is 10.1. The van der Waals surface area contributed by atoms with Crippen LogP contribution in [0.15, 0.2) is 102 Å². The van der Waals surface area contributed by atoms with Gasteiger partial charge in [0.1, 0.15) is 11.3 Å². The summed E-state index contributed by atoms with van der Waals surface area (Å²) in [4.78, 5) is 12.9. The van der Waals surface area contributed by atoms with Crippen molar-refractivity contribution < 1.29 is 8.81 Å². The highest BCUT2D eigenvalue weighted by molar-refractivity contribution is 5.93. The summed E-state index contributed by atoms with van der Waals surface area (Å²) in [5.41, 5.74) is 6.56. The molecule has 34 heavy (non-hydrogen) atoms. The van der Waals surface area contributed by atoms with Crippen LogP contribution in [0.5, 0.6) is 0 Å². The molecule has 3 aromatic heterocycles. The lowest BCUT2D eigenvalue weighted by Crippen LogP contribution is -1.93. The van der Waals surface area contributed by atoms with Crippen molar-refractivity contribution in [2.75, 3.05) is 10.6 Å². The minimum atomic E-state index is -0.297. The molecule has 0 aliphatic carbocycles. The molecule has 0 radical (unpaired) electrons. The predicted octanol–water partition coefficient (Wildman–Crippen LogP) is 7.06. The third kappa shape index (κ3) is 3.91. The molecule has 3 heterocycles. The number of halogens is 1. The second kappa shape index (κ2) is 8.29. The number of fused-ring (bicyclic) bond motifs is 2. The predicted molar refractivity (Wildman–Crippen MR) is 132 cm³/mol. The second-order valence-electron chi connectivity index (χ2n) is 7.78. The Labute approximate surface area is 194 Å². The summed E-state index contributed by atoms with van der Waals surface area (Å²) >= 11 is 0. The van der Waals surface area contributed by atoms with Crippen LogP contribution in [0, 0.1) is 5.82 Å². The highest BCUT2D eigenvalue weighted by atomic mass is 19.1. The Balaban J connectivity index is 1.25. The van der Waals surface area contributed by atoms with Gasteiger partial charge in [-0.3, -0.25) is 9.97 Å². The Morgan fingerprint density at radius 1 is 0.676 bits per heavy atom. The van der Waals surface area contributed by atoms with Gasteiger partial charge in [-0.2, -0.15) is 0 Å². The van der Waals surface area contributed by atoms with Gasteiger partial charge >= 0.3 is 0 Å². The van der Waals surface area contributed by atoms with E-state index in [4.69, 9.17) is 4.42 Å². The topological polar surface area (TPSA) is 75.9 Å². The van der Waals surface area contributed by atoms with Crippen molar-refractivity contribution in [2.45, 2.75) is 0 Å². The summed E-state index contributed by atoms with van der Waals surface area (Å²) in [5, 5.41) is 7.39. The van der Waals surface area contributed by atoms with Crippen molar-refractivity contribution in [3.05, 3.63) is 103 Å². The molecule has 0 spiro atoms. The van der Waals surface area contributed by atoms with E-state index in [-0.39, 0.29) is 5.82 Å². The molecule has 6 rings (SSSR count). The van der Waals surface area contributed by atoms with Crippen molar-refractivity contribution in [1.82, 2.24) is 15.0 Å². The minimum absolute atomic E-state index is 0.297. The van der Waals surface area contributed by atoms with Crippen LogP contribution in [0.2, 0.25) is 0 Å². The molecule has 0 aliphatic heterocycles. The van der Waals surface area contributed by atoms with Gasteiger partial charge in [0.05, 0.1) is 5.52 Å². The Hall–Kier alpha value is -4.78. The Morgan fingerprint density at radius 2 is 1.44 bits per heavy atom. The van der Waals surface area contributed by atoms with Gasteiger partial charge in [0.2, 0.25) is 5.89 Å². The molecule has 6 nitrogen and oxygen atoms in total. The Morgan fingerprint density at radius 3 is 2.29 bits per heavy atom. The number of nitrogens with zero attached hydrogens (tertiary/aromatic N) is 3. The van der Waals surface area contributed by atoms with E-state index in [0.29, 0.717) is 11.5 Å². The quantitative estimate of drug-likeness (QED) is 0.294. The maximum atomic E-state index is 13.7. The number of benzene rings is 3. The van der Waals surface area contributed by atoms with Crippen molar-refractivity contribution in [3.63, 3.8) is 0 Å². The van der Waals surface area contributed by atoms with Gasteiger partial charge < -0.3 is 15.1 Å². The fourth-order valence-electron chi connectivity index (χ4n) is 3.81. The summed E-state index contributed by atoms with van der Waals surface area (Å²) in [7, 11) is 0. The smallest absolute Gasteiger partial charge is 0.227 e. The van der Waals surface area contributed by atoms with Gasteiger partial charge in [-0.15, -0.1) is 0 Å². The summed E-state index contributed by atoms with van der Waals surface area (Å²) in [6, 6.07) is 23.8. The maximum Gasteiger partial charge on any atom is 0.227 e. The third-order valence-corrected chi connectivity index (χ3v) is 5.47. The normalized spacial score (nSPS) is 11.1. The molecule has 0 unspecified atom stereocenters. The molecule has 0 fully saturated rings. The largest absolute Gasteiger partial charge is 0.436 e. The van der Waals surface area contributed by atoms with Crippen LogP contribution in [-0.2, 0) is 0 Å². The summed E-state index contributed by atoms with van der Waals surface area (Å²) in [5.74, 6) is 0.244. The van der Waals surface area contributed by atoms with Crippen LogP contribution in [0.3, 0.4) is 0 Å². The number of anilines is 4. The average Bonchev–Trinajstić information content (AvgIpc) is 3.29. The summed E-state index contributed by atoms with van der Waals surface area (Å²) < 4.78 is 19.8. The van der Waals surface area contributed by atoms with Crippen molar-refractivity contribution in [1.29, 1.82) is 0 Å². The Kier molecular flexibility index (Phi) is 4.85. The SMILES string of the molecule is Fc1ccc2nccc(Nc3ccc(-c4nc5ccc(Nc6ccncc6)cc5o4)cc3)c2c1. The maximum absolute atomic E-state index is 13.7. The van der Waals surface area contributed by atoms with Gasteiger partial charge in [-0.05, 0) is 72.8 Å². The monoisotopic (exact) mass is 447 g/mol. The van der Waals surface area contributed by atoms with Crippen LogP contribution in [-0.4, -0.2) is 15.0 Å². The van der Waals surface area contributed by atoms with E-state index in [9.17, 15) is 4.39 Å². The van der Waals surface area contributed by atoms with Crippen LogP contribution in [0.1, 0.15) is 0 Å². The molecule has 0 bridgehead atoms. The minimum Gasteiger partial charge on any atom is -0.436 e. The molecule has 164 valence electrons. The number of nitrogens with one attached hydrogen (secondary N) is 2. The zero-order valence-electron chi connectivity index (χ0n) is 17.9. The van der Waals surface area contributed by atoms with E-state index in [1.807, 2.05) is 60.7 Å². The molecule has 3 aromatic carbocycles. The van der Waals surface area contributed by atoms with E-state index in [0.717, 1.165) is 44.7 Å². The molecule has 6 aromatic rings. The summed E-state index contributed by atoms with van der Waals surface area (Å²) in [6.07, 6.45) is 5.18. The number of hydrogen-bond donors (Lipinski definition) is 2. The van der Waals surface area contributed by atoms with E-state index >= 15 is 0 Å². The fourth-order valence-corrected chi connectivity index (χ4v) is 3.81. The Bertz CT molecular complexity index is 1610. The first-order chi connectivity index (χ1) is 16.7. The van der Waals surface area contributed by atoms with Crippen molar-refractivity contribution in [3.8, 4) is 11.5 Å². The first kappa shape index (κ1) is 19.9. The van der Waals surface area contributed by atoms with Gasteiger partial charge in [-0.25, -0.2) is 9.37 Å². The van der Waals surface area contributed by atoms with Crippen LogP contribution >= 0.6 is 0 Å². The van der Waals surface area contributed by atoms with E-state index in [1.165, 1.54) is 12.1 Å². The lowest BCUT2D eigenvalue weighted by molar-refractivity contribution is 0.620. The molecule has 0 amide bonds. The number of aromatic nitrogens is 3. The number of hydrogen-bond acceptors (Lipinski definition) is 6. The van der Waals surface area contributed by atoms with E-state index in [2.05, 4.69) is 25.6 Å². The molecule has 2 N–H and O–H groups in total. The fraction of sp³-hybridized carbons (Fsp3) is 0. The molecule has 0 atom stereocenters. The lowest BCUT2D eigenvalue weighted by Gasteiger charge is -2.10. The highest BCUT2D eigenvalue weighted by Crippen LogP contribution is 2.30. The molecular formula is C27H18FN5O. The van der Waals surface area contributed by atoms with Gasteiger partial charge in [0.15, 0.2) is 5.58 Å². The molecule has 7 heteroatoms. The molecule has 0 saturated carbocycles.